The molecule has 2 aliphatic heterocycles. The van der Waals surface area contributed by atoms with E-state index in [1.807, 2.05) is 6.92 Å². The fraction of sp³-hybridized carbons (Fsp3) is 0.375. The summed E-state index contributed by atoms with van der Waals surface area (Å²) in [5, 5.41) is 4.99. The maximum Gasteiger partial charge on any atom is 0.253 e. The summed E-state index contributed by atoms with van der Waals surface area (Å²) in [6.45, 7) is 5.93. The lowest BCUT2D eigenvalue weighted by Crippen LogP contribution is -2.51. The molecule has 4 rings (SSSR count). The zero-order valence-corrected chi connectivity index (χ0v) is 20.8. The summed E-state index contributed by atoms with van der Waals surface area (Å²) in [7, 11) is -2.70. The molecule has 0 bridgehead atoms. The van der Waals surface area contributed by atoms with E-state index in [4.69, 9.17) is 0 Å². The van der Waals surface area contributed by atoms with Crippen LogP contribution < -0.4 is 15.5 Å². The second kappa shape index (κ2) is 9.67. The van der Waals surface area contributed by atoms with Gasteiger partial charge in [-0.15, -0.1) is 0 Å². The van der Waals surface area contributed by atoms with E-state index in [0.717, 1.165) is 9.99 Å². The standard InChI is InChI=1S/C24H29N5O5S/c1-16-4-5-17(2)21(12-16)28-8-10-29(11-9-28)23(31)15-27(3)35(33,34)18-6-7-20-19(13-18)24(32)25-14-22(30)26-20/h4-7,12-13H,8-11,14-15H2,1-3H3,(H,25,32)(H,26,30). The molecular formula is C24H29N5O5S. The lowest BCUT2D eigenvalue weighted by molar-refractivity contribution is -0.131. The van der Waals surface area contributed by atoms with Gasteiger partial charge in [-0.2, -0.15) is 4.31 Å². The van der Waals surface area contributed by atoms with Gasteiger partial charge in [0, 0.05) is 38.9 Å². The van der Waals surface area contributed by atoms with Crippen molar-refractivity contribution in [2.45, 2.75) is 18.7 Å². The van der Waals surface area contributed by atoms with E-state index in [9.17, 15) is 22.8 Å². The van der Waals surface area contributed by atoms with Gasteiger partial charge in [0.05, 0.1) is 29.2 Å². The van der Waals surface area contributed by atoms with Crippen LogP contribution >= 0.6 is 0 Å². The van der Waals surface area contributed by atoms with Gasteiger partial charge in [0.1, 0.15) is 0 Å². The minimum Gasteiger partial charge on any atom is -0.368 e. The van der Waals surface area contributed by atoms with Gasteiger partial charge in [-0.3, -0.25) is 14.4 Å². The van der Waals surface area contributed by atoms with Gasteiger partial charge in [0.15, 0.2) is 0 Å². The van der Waals surface area contributed by atoms with Crippen LogP contribution in [0.4, 0.5) is 11.4 Å². The predicted octanol–water partition coefficient (Wildman–Crippen LogP) is 0.955. The number of hydrogen-bond acceptors (Lipinski definition) is 6. The van der Waals surface area contributed by atoms with Gasteiger partial charge < -0.3 is 20.4 Å². The zero-order chi connectivity index (χ0) is 25.3. The van der Waals surface area contributed by atoms with Crippen LogP contribution in [0.25, 0.3) is 0 Å². The molecule has 3 amide bonds. The van der Waals surface area contributed by atoms with Crippen LogP contribution in [0.2, 0.25) is 0 Å². The number of likely N-dealkylation sites (N-methyl/N-ethyl adjacent to an activating group) is 1. The summed E-state index contributed by atoms with van der Waals surface area (Å²) in [5.41, 5.74) is 3.80. The molecule has 2 aromatic carbocycles. The smallest absolute Gasteiger partial charge is 0.253 e. The van der Waals surface area contributed by atoms with Crippen molar-refractivity contribution in [1.29, 1.82) is 0 Å². The molecule has 0 unspecified atom stereocenters. The third-order valence-electron chi connectivity index (χ3n) is 6.32. The maximum atomic E-state index is 13.1. The second-order valence-corrected chi connectivity index (χ2v) is 10.9. The lowest BCUT2D eigenvalue weighted by atomic mass is 10.1. The van der Waals surface area contributed by atoms with Crippen molar-refractivity contribution in [3.63, 3.8) is 0 Å². The Morgan fingerprint density at radius 3 is 2.46 bits per heavy atom. The van der Waals surface area contributed by atoms with Crippen LogP contribution in [0.3, 0.4) is 0 Å². The largest absolute Gasteiger partial charge is 0.368 e. The average molecular weight is 500 g/mol. The highest BCUT2D eigenvalue weighted by Crippen LogP contribution is 2.25. The van der Waals surface area contributed by atoms with Crippen LogP contribution in [0.1, 0.15) is 21.5 Å². The summed E-state index contributed by atoms with van der Waals surface area (Å²) in [6.07, 6.45) is 0. The number of nitrogens with zero attached hydrogens (tertiary/aromatic N) is 3. The van der Waals surface area contributed by atoms with Crippen molar-refractivity contribution >= 4 is 39.1 Å². The van der Waals surface area contributed by atoms with Crippen LogP contribution in [0, 0.1) is 13.8 Å². The number of piperazine rings is 1. The van der Waals surface area contributed by atoms with Gasteiger partial charge >= 0.3 is 0 Å². The molecule has 11 heteroatoms. The fourth-order valence-electron chi connectivity index (χ4n) is 4.24. The molecule has 1 fully saturated rings. The van der Waals surface area contributed by atoms with E-state index in [1.165, 1.54) is 36.4 Å². The number of fused-ring (bicyclic) bond motifs is 1. The number of sulfonamides is 1. The molecule has 2 N–H and O–H groups in total. The molecule has 186 valence electrons. The van der Waals surface area contributed by atoms with E-state index >= 15 is 0 Å². The summed E-state index contributed by atoms with van der Waals surface area (Å²) in [6, 6.07) is 10.2. The topological polar surface area (TPSA) is 119 Å². The van der Waals surface area contributed by atoms with E-state index in [0.29, 0.717) is 26.2 Å². The molecule has 1 saturated heterocycles. The summed E-state index contributed by atoms with van der Waals surface area (Å²) in [4.78, 5) is 40.7. The molecule has 35 heavy (non-hydrogen) atoms. The molecule has 2 aromatic rings. The molecule has 0 aromatic heterocycles. The first kappa shape index (κ1) is 24.7. The average Bonchev–Trinajstić information content (AvgIpc) is 2.98. The molecule has 2 aliphatic rings. The Hall–Kier alpha value is -3.44. The predicted molar refractivity (Wildman–Crippen MR) is 132 cm³/mol. The second-order valence-electron chi connectivity index (χ2n) is 8.86. The Bertz CT molecular complexity index is 1290. The van der Waals surface area contributed by atoms with E-state index < -0.39 is 21.8 Å². The van der Waals surface area contributed by atoms with Crippen molar-refractivity contribution < 1.29 is 22.8 Å². The van der Waals surface area contributed by atoms with Crippen molar-refractivity contribution in [3.05, 3.63) is 53.1 Å². The minimum absolute atomic E-state index is 0.0548. The molecule has 0 aliphatic carbocycles. The van der Waals surface area contributed by atoms with Gasteiger partial charge in [-0.05, 0) is 49.2 Å². The molecule has 10 nitrogen and oxygen atoms in total. The van der Waals surface area contributed by atoms with Crippen LogP contribution in [-0.2, 0) is 19.6 Å². The highest BCUT2D eigenvalue weighted by atomic mass is 32.2. The Labute approximate surface area is 204 Å². The van der Waals surface area contributed by atoms with Gasteiger partial charge in [-0.1, -0.05) is 12.1 Å². The SMILES string of the molecule is Cc1ccc(C)c(N2CCN(C(=O)CN(C)S(=O)(=O)c3ccc4c(c3)C(=O)NCC(=O)N4)CC2)c1. The normalized spacial score (nSPS) is 16.5. The number of carbonyl (C=O) groups excluding carboxylic acids is 3. The quantitative estimate of drug-likeness (QED) is 0.633. The van der Waals surface area contributed by atoms with Crippen molar-refractivity contribution in [1.82, 2.24) is 14.5 Å². The number of nitrogens with one attached hydrogen (secondary N) is 2. The Balaban J connectivity index is 1.42. The molecule has 2 heterocycles. The highest BCUT2D eigenvalue weighted by Gasteiger charge is 2.29. The maximum absolute atomic E-state index is 13.1. The number of aryl methyl sites for hydroxylation is 2. The molecular weight excluding hydrogens is 470 g/mol. The summed E-state index contributed by atoms with van der Waals surface area (Å²) >= 11 is 0. The van der Waals surface area contributed by atoms with Crippen molar-refractivity contribution in [2.24, 2.45) is 0 Å². The number of hydrogen-bond donors (Lipinski definition) is 2. The summed E-state index contributed by atoms with van der Waals surface area (Å²) < 4.78 is 27.2. The van der Waals surface area contributed by atoms with E-state index in [-0.39, 0.29) is 35.1 Å². The third kappa shape index (κ3) is 5.15. The monoisotopic (exact) mass is 499 g/mol. The Morgan fingerprint density at radius 2 is 1.74 bits per heavy atom. The summed E-state index contributed by atoms with van der Waals surface area (Å²) in [5.74, 6) is -1.22. The van der Waals surface area contributed by atoms with Gasteiger partial charge in [-0.25, -0.2) is 8.42 Å². The van der Waals surface area contributed by atoms with E-state index in [1.54, 1.807) is 4.90 Å². The Kier molecular flexibility index (Phi) is 6.82. The number of amides is 3. The molecule has 0 spiro atoms. The highest BCUT2D eigenvalue weighted by molar-refractivity contribution is 7.89. The number of anilines is 2. The molecule has 0 atom stereocenters. The minimum atomic E-state index is -4.04. The van der Waals surface area contributed by atoms with Gasteiger partial charge in [0.2, 0.25) is 21.8 Å². The first-order chi connectivity index (χ1) is 16.6. The van der Waals surface area contributed by atoms with Gasteiger partial charge in [0.25, 0.3) is 5.91 Å². The third-order valence-corrected chi connectivity index (χ3v) is 8.12. The number of rotatable bonds is 5. The first-order valence-corrected chi connectivity index (χ1v) is 12.8. The molecule has 0 radical (unpaired) electrons. The zero-order valence-electron chi connectivity index (χ0n) is 20.0. The van der Waals surface area contributed by atoms with Crippen LogP contribution in [-0.4, -0.2) is 81.7 Å². The van der Waals surface area contributed by atoms with Crippen molar-refractivity contribution in [3.8, 4) is 0 Å². The van der Waals surface area contributed by atoms with Crippen molar-refractivity contribution in [2.75, 3.05) is 56.5 Å². The first-order valence-electron chi connectivity index (χ1n) is 11.3. The molecule has 0 saturated carbocycles. The fourth-order valence-corrected chi connectivity index (χ4v) is 5.39. The Morgan fingerprint density at radius 1 is 1.03 bits per heavy atom. The van der Waals surface area contributed by atoms with Crippen LogP contribution in [0.5, 0.6) is 0 Å². The van der Waals surface area contributed by atoms with E-state index in [2.05, 4.69) is 40.7 Å². The van der Waals surface area contributed by atoms with Crippen LogP contribution in [0.15, 0.2) is 41.3 Å². The number of carbonyl (C=O) groups is 3. The number of benzene rings is 2. The lowest BCUT2D eigenvalue weighted by Gasteiger charge is -2.37.